The minimum atomic E-state index is -0.498. The lowest BCUT2D eigenvalue weighted by atomic mass is 10.2. The first-order valence-corrected chi connectivity index (χ1v) is 7.17. The summed E-state index contributed by atoms with van der Waals surface area (Å²) in [5.41, 5.74) is 6.24. The Kier molecular flexibility index (Phi) is 3.65. The van der Waals surface area contributed by atoms with E-state index in [9.17, 15) is 4.39 Å². The van der Waals surface area contributed by atoms with E-state index >= 15 is 0 Å². The molecule has 9 heteroatoms. The van der Waals surface area contributed by atoms with Crippen LogP contribution >= 0.6 is 15.9 Å². The molecule has 3 aromatic rings. The van der Waals surface area contributed by atoms with Gasteiger partial charge in [-0.3, -0.25) is 4.68 Å². The van der Waals surface area contributed by atoms with Crippen molar-refractivity contribution in [3.8, 4) is 5.75 Å². The highest BCUT2D eigenvalue weighted by molar-refractivity contribution is 9.10. The zero-order valence-corrected chi connectivity index (χ0v) is 13.4. The summed E-state index contributed by atoms with van der Waals surface area (Å²) in [6.45, 7) is 1.76. The molecule has 0 saturated carbocycles. The second-order valence-electron chi connectivity index (χ2n) is 4.69. The summed E-state index contributed by atoms with van der Waals surface area (Å²) in [7, 11) is 1.75. The molecule has 1 unspecified atom stereocenters. The van der Waals surface area contributed by atoms with E-state index in [4.69, 9.17) is 10.5 Å². The van der Waals surface area contributed by atoms with Gasteiger partial charge in [0.25, 0.3) is 0 Å². The molecule has 0 fully saturated rings. The van der Waals surface area contributed by atoms with Crippen LogP contribution in [0.15, 0.2) is 23.2 Å². The number of aryl methyl sites for hydroxylation is 1. The number of ether oxygens (including phenoxy) is 1. The van der Waals surface area contributed by atoms with Crippen LogP contribution in [0.2, 0.25) is 0 Å². The number of aromatic nitrogens is 5. The van der Waals surface area contributed by atoms with Crippen molar-refractivity contribution in [2.75, 3.05) is 5.73 Å². The van der Waals surface area contributed by atoms with Crippen molar-refractivity contribution in [1.29, 1.82) is 0 Å². The fourth-order valence-corrected chi connectivity index (χ4v) is 2.47. The number of halogens is 2. The molecule has 1 atom stereocenters. The number of anilines is 1. The van der Waals surface area contributed by atoms with Crippen molar-refractivity contribution in [2.45, 2.75) is 13.0 Å². The van der Waals surface area contributed by atoms with Gasteiger partial charge in [0.15, 0.2) is 11.9 Å². The zero-order valence-electron chi connectivity index (χ0n) is 11.8. The molecule has 0 aliphatic rings. The molecule has 7 nitrogen and oxygen atoms in total. The SMILES string of the molecule is CC(Oc1cc(F)c(Br)c2ncnc(N)c12)c1ncn(C)n1. The van der Waals surface area contributed by atoms with Gasteiger partial charge in [-0.05, 0) is 22.9 Å². The number of fused-ring (bicyclic) bond motifs is 1. The quantitative estimate of drug-likeness (QED) is 0.764. The topological polar surface area (TPSA) is 91.7 Å². The molecule has 2 heterocycles. The smallest absolute Gasteiger partial charge is 0.191 e. The predicted molar refractivity (Wildman–Crippen MR) is 81.7 cm³/mol. The molecule has 0 amide bonds. The second-order valence-corrected chi connectivity index (χ2v) is 5.48. The maximum atomic E-state index is 14.0. The summed E-state index contributed by atoms with van der Waals surface area (Å²) in [5, 5.41) is 4.61. The van der Waals surface area contributed by atoms with Crippen molar-refractivity contribution >= 4 is 32.7 Å². The third-order valence-corrected chi connectivity index (χ3v) is 3.84. The molecular formula is C13H12BrFN6O. The molecule has 3 rings (SSSR count). The third-order valence-electron chi connectivity index (χ3n) is 3.08. The van der Waals surface area contributed by atoms with Crippen LogP contribution in [0.1, 0.15) is 18.9 Å². The molecule has 2 N–H and O–H groups in total. The number of nitrogen functional groups attached to an aromatic ring is 1. The predicted octanol–water partition coefficient (Wildman–Crippen LogP) is 2.38. The summed E-state index contributed by atoms with van der Waals surface area (Å²) < 4.78 is 21.6. The molecule has 0 radical (unpaired) electrons. The van der Waals surface area contributed by atoms with Crippen LogP contribution in [-0.2, 0) is 7.05 Å². The van der Waals surface area contributed by atoms with Crippen molar-refractivity contribution in [3.05, 3.63) is 34.8 Å². The molecule has 0 spiro atoms. The highest BCUT2D eigenvalue weighted by Gasteiger charge is 2.19. The van der Waals surface area contributed by atoms with Gasteiger partial charge in [-0.25, -0.2) is 19.3 Å². The van der Waals surface area contributed by atoms with Gasteiger partial charge in [0, 0.05) is 13.1 Å². The molecule has 0 aliphatic carbocycles. The standard InChI is InChI=1S/C13H12BrFN6O/c1-6(13-19-5-21(2)20-13)22-8-3-7(15)10(14)11-9(8)12(16)18-4-17-11/h3-6H,1-2H3,(H2,16,17,18). The molecule has 0 aliphatic heterocycles. The van der Waals surface area contributed by atoms with Crippen LogP contribution < -0.4 is 10.5 Å². The Hall–Kier alpha value is -2.29. The number of rotatable bonds is 3. The number of hydrogen-bond acceptors (Lipinski definition) is 6. The van der Waals surface area contributed by atoms with E-state index in [1.807, 2.05) is 0 Å². The van der Waals surface area contributed by atoms with E-state index in [1.54, 1.807) is 25.0 Å². The Morgan fingerprint density at radius 2 is 2.14 bits per heavy atom. The lowest BCUT2D eigenvalue weighted by Gasteiger charge is -2.15. The monoisotopic (exact) mass is 366 g/mol. The minimum Gasteiger partial charge on any atom is -0.482 e. The summed E-state index contributed by atoms with van der Waals surface area (Å²) in [6.07, 6.45) is 2.35. The maximum Gasteiger partial charge on any atom is 0.191 e. The molecule has 0 bridgehead atoms. The number of nitrogens with two attached hydrogens (primary N) is 1. The first kappa shape index (κ1) is 14.6. The normalized spacial score (nSPS) is 12.5. The van der Waals surface area contributed by atoms with Crippen molar-refractivity contribution < 1.29 is 9.13 Å². The Morgan fingerprint density at radius 3 is 2.82 bits per heavy atom. The lowest BCUT2D eigenvalue weighted by Crippen LogP contribution is -2.08. The van der Waals surface area contributed by atoms with Crippen molar-refractivity contribution in [1.82, 2.24) is 24.7 Å². The van der Waals surface area contributed by atoms with Crippen molar-refractivity contribution in [2.24, 2.45) is 7.05 Å². The zero-order chi connectivity index (χ0) is 15.9. The third kappa shape index (κ3) is 2.47. The van der Waals surface area contributed by atoms with Crippen LogP contribution in [0, 0.1) is 5.82 Å². The number of benzene rings is 1. The van der Waals surface area contributed by atoms with Crippen LogP contribution in [0.3, 0.4) is 0 Å². The van der Waals surface area contributed by atoms with Gasteiger partial charge in [0.2, 0.25) is 0 Å². The first-order valence-electron chi connectivity index (χ1n) is 6.37. The van der Waals surface area contributed by atoms with Gasteiger partial charge in [-0.1, -0.05) is 0 Å². The largest absolute Gasteiger partial charge is 0.482 e. The van der Waals surface area contributed by atoms with Crippen molar-refractivity contribution in [3.63, 3.8) is 0 Å². The molecule has 0 saturated heterocycles. The van der Waals surface area contributed by atoms with Gasteiger partial charge in [-0.15, -0.1) is 0 Å². The van der Waals surface area contributed by atoms with Gasteiger partial charge < -0.3 is 10.5 Å². The molecular weight excluding hydrogens is 355 g/mol. The van der Waals surface area contributed by atoms with Crippen LogP contribution in [0.5, 0.6) is 5.75 Å². The van der Waals surface area contributed by atoms with Gasteiger partial charge in [-0.2, -0.15) is 5.10 Å². The second kappa shape index (κ2) is 5.48. The van der Waals surface area contributed by atoms with E-state index in [-0.39, 0.29) is 16.0 Å². The highest BCUT2D eigenvalue weighted by Crippen LogP contribution is 2.36. The molecule has 2 aromatic heterocycles. The first-order chi connectivity index (χ1) is 10.5. The Labute approximate surface area is 133 Å². The summed E-state index contributed by atoms with van der Waals surface area (Å²) >= 11 is 3.16. The minimum absolute atomic E-state index is 0.210. The lowest BCUT2D eigenvalue weighted by molar-refractivity contribution is 0.218. The fourth-order valence-electron chi connectivity index (χ4n) is 2.05. The van der Waals surface area contributed by atoms with E-state index in [0.29, 0.717) is 16.7 Å². The Morgan fingerprint density at radius 1 is 1.36 bits per heavy atom. The number of hydrogen-bond donors (Lipinski definition) is 1. The molecule has 1 aromatic carbocycles. The average Bonchev–Trinajstić information content (AvgIpc) is 2.91. The number of nitrogens with zero attached hydrogens (tertiary/aromatic N) is 5. The maximum absolute atomic E-state index is 14.0. The fraction of sp³-hybridized carbons (Fsp3) is 0.231. The van der Waals surface area contributed by atoms with E-state index in [1.165, 1.54) is 12.4 Å². The van der Waals surface area contributed by atoms with E-state index in [2.05, 4.69) is 36.0 Å². The summed E-state index contributed by atoms with van der Waals surface area (Å²) in [6, 6.07) is 1.24. The van der Waals surface area contributed by atoms with E-state index < -0.39 is 11.9 Å². The Balaban J connectivity index is 2.09. The van der Waals surface area contributed by atoms with Crippen LogP contribution in [0.4, 0.5) is 10.2 Å². The Bertz CT molecular complexity index is 852. The summed E-state index contributed by atoms with van der Waals surface area (Å²) in [4.78, 5) is 12.1. The average molecular weight is 367 g/mol. The summed E-state index contributed by atoms with van der Waals surface area (Å²) in [5.74, 6) is 0.437. The highest BCUT2D eigenvalue weighted by atomic mass is 79.9. The molecule has 114 valence electrons. The van der Waals surface area contributed by atoms with Gasteiger partial charge >= 0.3 is 0 Å². The van der Waals surface area contributed by atoms with Gasteiger partial charge in [0.1, 0.15) is 30.0 Å². The van der Waals surface area contributed by atoms with Gasteiger partial charge in [0.05, 0.1) is 15.4 Å². The van der Waals surface area contributed by atoms with Crippen LogP contribution in [0.25, 0.3) is 10.9 Å². The molecule has 22 heavy (non-hydrogen) atoms. The van der Waals surface area contributed by atoms with Crippen LogP contribution in [-0.4, -0.2) is 24.7 Å². The van der Waals surface area contributed by atoms with E-state index in [0.717, 1.165) is 0 Å².